The number of aryl methyl sites for hydroxylation is 1. The molecule has 1 aromatic heterocycles. The molecule has 1 saturated heterocycles. The number of nitrogens with zero attached hydrogens (tertiary/aromatic N) is 4. The van der Waals surface area contributed by atoms with Gasteiger partial charge in [-0.15, -0.1) is 24.8 Å². The maximum absolute atomic E-state index is 12.6. The minimum absolute atomic E-state index is 0. The first-order valence-electron chi connectivity index (χ1n) is 7.73. The Kier molecular flexibility index (Phi) is 8.00. The van der Waals surface area contributed by atoms with Crippen LogP contribution in [0.1, 0.15) is 31.5 Å². The molecule has 0 spiro atoms. The van der Waals surface area contributed by atoms with Crippen molar-refractivity contribution in [3.05, 3.63) is 5.82 Å². The predicted octanol–water partition coefficient (Wildman–Crippen LogP) is 1.86. The van der Waals surface area contributed by atoms with E-state index in [-0.39, 0.29) is 36.8 Å². The molecule has 0 radical (unpaired) electrons. The Morgan fingerprint density at radius 1 is 1.22 bits per heavy atom. The molecule has 6 nitrogen and oxygen atoms in total. The molecule has 1 saturated carbocycles. The Morgan fingerprint density at radius 2 is 2.00 bits per heavy atom. The topological polar surface area (TPSA) is 75.4 Å². The summed E-state index contributed by atoms with van der Waals surface area (Å²) in [4.78, 5) is 21.3. The summed E-state index contributed by atoms with van der Waals surface area (Å²) in [5, 5.41) is 0.977. The average Bonchev–Trinajstić information content (AvgIpc) is 3.00. The number of rotatable bonds is 2. The second-order valence-corrected chi connectivity index (χ2v) is 6.79. The van der Waals surface area contributed by atoms with E-state index in [9.17, 15) is 4.79 Å². The van der Waals surface area contributed by atoms with Gasteiger partial charge in [0.1, 0.15) is 5.82 Å². The number of carbonyl (C=O) groups is 1. The molecule has 0 bridgehead atoms. The molecule has 132 valence electrons. The quantitative estimate of drug-likeness (QED) is 0.845. The number of nitrogens with two attached hydrogens (primary N) is 1. The molecular weight excluding hydrogens is 357 g/mol. The molecule has 2 aliphatic rings. The van der Waals surface area contributed by atoms with Gasteiger partial charge >= 0.3 is 0 Å². The lowest BCUT2D eigenvalue weighted by atomic mass is 10.1. The second kappa shape index (κ2) is 9.01. The highest BCUT2D eigenvalue weighted by Crippen LogP contribution is 2.27. The monoisotopic (exact) mass is 381 g/mol. The van der Waals surface area contributed by atoms with Crippen LogP contribution in [0.25, 0.3) is 0 Å². The van der Waals surface area contributed by atoms with Gasteiger partial charge < -0.3 is 15.5 Å². The zero-order chi connectivity index (χ0) is 14.8. The van der Waals surface area contributed by atoms with Crippen molar-refractivity contribution in [3.8, 4) is 0 Å². The summed E-state index contributed by atoms with van der Waals surface area (Å²) < 4.78 is 4.24. The Labute approximate surface area is 153 Å². The first-order chi connectivity index (χ1) is 10.1. The fourth-order valence-corrected chi connectivity index (χ4v) is 3.97. The van der Waals surface area contributed by atoms with Crippen LogP contribution in [0.4, 0.5) is 5.13 Å². The van der Waals surface area contributed by atoms with E-state index >= 15 is 0 Å². The number of hydrogen-bond acceptors (Lipinski definition) is 6. The molecule has 2 N–H and O–H groups in total. The maximum Gasteiger partial charge on any atom is 0.225 e. The lowest BCUT2D eigenvalue weighted by Gasteiger charge is -2.24. The molecule has 2 fully saturated rings. The smallest absolute Gasteiger partial charge is 0.225 e. The highest BCUT2D eigenvalue weighted by Gasteiger charge is 2.31. The largest absolute Gasteiger partial charge is 0.345 e. The van der Waals surface area contributed by atoms with Crippen molar-refractivity contribution in [2.45, 2.75) is 38.6 Å². The first-order valence-corrected chi connectivity index (χ1v) is 8.50. The Balaban J connectivity index is 0.00000132. The van der Waals surface area contributed by atoms with Crippen LogP contribution < -0.4 is 10.6 Å². The van der Waals surface area contributed by atoms with Gasteiger partial charge in [0.05, 0.1) is 0 Å². The highest BCUT2D eigenvalue weighted by atomic mass is 35.5. The summed E-state index contributed by atoms with van der Waals surface area (Å²) in [5.74, 6) is 1.28. The van der Waals surface area contributed by atoms with Crippen LogP contribution in [-0.4, -0.2) is 52.4 Å². The van der Waals surface area contributed by atoms with Crippen molar-refractivity contribution in [3.63, 3.8) is 0 Å². The zero-order valence-corrected chi connectivity index (χ0v) is 15.8. The van der Waals surface area contributed by atoms with E-state index in [2.05, 4.69) is 14.3 Å². The molecule has 23 heavy (non-hydrogen) atoms. The van der Waals surface area contributed by atoms with Crippen molar-refractivity contribution in [1.29, 1.82) is 0 Å². The van der Waals surface area contributed by atoms with Crippen molar-refractivity contribution in [2.75, 3.05) is 31.1 Å². The van der Waals surface area contributed by atoms with Crippen LogP contribution in [0, 0.1) is 12.8 Å². The van der Waals surface area contributed by atoms with Crippen LogP contribution in [0.3, 0.4) is 0 Å². The molecule has 1 aliphatic heterocycles. The van der Waals surface area contributed by atoms with Crippen molar-refractivity contribution in [1.82, 2.24) is 14.3 Å². The van der Waals surface area contributed by atoms with Crippen molar-refractivity contribution >= 4 is 47.4 Å². The van der Waals surface area contributed by atoms with Crippen LogP contribution in [0.2, 0.25) is 0 Å². The summed E-state index contributed by atoms with van der Waals surface area (Å²) in [7, 11) is 0. The third-order valence-corrected chi connectivity index (χ3v) is 5.29. The number of aromatic nitrogens is 2. The average molecular weight is 382 g/mol. The van der Waals surface area contributed by atoms with E-state index in [4.69, 9.17) is 5.73 Å². The molecule has 3 rings (SSSR count). The van der Waals surface area contributed by atoms with Crippen molar-refractivity contribution in [2.24, 2.45) is 11.7 Å². The van der Waals surface area contributed by atoms with Gasteiger partial charge in [0.2, 0.25) is 11.0 Å². The number of amides is 1. The molecule has 0 aromatic carbocycles. The van der Waals surface area contributed by atoms with Crippen LogP contribution in [0.5, 0.6) is 0 Å². The van der Waals surface area contributed by atoms with Gasteiger partial charge in [0.15, 0.2) is 0 Å². The summed E-state index contributed by atoms with van der Waals surface area (Å²) in [6.45, 7) is 5.33. The van der Waals surface area contributed by atoms with Gasteiger partial charge in [-0.1, -0.05) is 0 Å². The molecule has 1 aromatic rings. The standard InChI is InChI=1S/C14H23N5OS.2ClH/c1-10-16-14(21-17-10)19-6-2-5-18(7-8-19)13(20)11-3-4-12(15)9-11;;/h11-12H,2-9,15H2,1H3;2*1H. The minimum Gasteiger partial charge on any atom is -0.345 e. The minimum atomic E-state index is 0. The molecule has 1 aliphatic carbocycles. The number of hydrogen-bond donors (Lipinski definition) is 1. The molecule has 1 amide bonds. The predicted molar refractivity (Wildman–Crippen MR) is 97.9 cm³/mol. The van der Waals surface area contributed by atoms with Gasteiger partial charge in [-0.25, -0.2) is 4.98 Å². The Hall–Kier alpha value is -0.630. The molecular formula is C14H25Cl2N5OS. The zero-order valence-electron chi connectivity index (χ0n) is 13.3. The molecule has 2 unspecified atom stereocenters. The summed E-state index contributed by atoms with van der Waals surface area (Å²) in [6.07, 6.45) is 3.79. The van der Waals surface area contributed by atoms with E-state index in [0.29, 0.717) is 5.91 Å². The Bertz CT molecular complexity index is 515. The molecule has 2 atom stereocenters. The van der Waals surface area contributed by atoms with Gasteiger partial charge in [-0.05, 0) is 32.6 Å². The van der Waals surface area contributed by atoms with E-state index in [1.165, 1.54) is 11.5 Å². The summed E-state index contributed by atoms with van der Waals surface area (Å²) >= 11 is 1.45. The number of halogens is 2. The van der Waals surface area contributed by atoms with Crippen LogP contribution in [0.15, 0.2) is 0 Å². The SMILES string of the molecule is Cc1nsc(N2CCCN(C(=O)C3CCC(N)C3)CC2)n1.Cl.Cl. The maximum atomic E-state index is 12.6. The fraction of sp³-hybridized carbons (Fsp3) is 0.786. The lowest BCUT2D eigenvalue weighted by Crippen LogP contribution is -2.38. The van der Waals surface area contributed by atoms with E-state index in [1.54, 1.807) is 0 Å². The molecule has 2 heterocycles. The lowest BCUT2D eigenvalue weighted by molar-refractivity contribution is -0.135. The van der Waals surface area contributed by atoms with Gasteiger partial charge in [0.25, 0.3) is 0 Å². The van der Waals surface area contributed by atoms with E-state index < -0.39 is 0 Å². The number of anilines is 1. The summed E-state index contributed by atoms with van der Waals surface area (Å²) in [6, 6.07) is 0.215. The summed E-state index contributed by atoms with van der Waals surface area (Å²) in [5.41, 5.74) is 5.93. The third kappa shape index (κ3) is 4.92. The second-order valence-electron chi connectivity index (χ2n) is 6.06. The van der Waals surface area contributed by atoms with Crippen LogP contribution in [-0.2, 0) is 4.79 Å². The van der Waals surface area contributed by atoms with E-state index in [1.807, 2.05) is 11.8 Å². The van der Waals surface area contributed by atoms with Gasteiger partial charge in [0, 0.05) is 49.7 Å². The Morgan fingerprint density at radius 3 is 2.61 bits per heavy atom. The van der Waals surface area contributed by atoms with Gasteiger partial charge in [-0.2, -0.15) is 4.37 Å². The fourth-order valence-electron chi connectivity index (χ4n) is 3.24. The van der Waals surface area contributed by atoms with Crippen LogP contribution >= 0.6 is 36.3 Å². The third-order valence-electron chi connectivity index (χ3n) is 4.42. The first kappa shape index (κ1) is 20.4. The molecule has 9 heteroatoms. The van der Waals surface area contributed by atoms with Crippen molar-refractivity contribution < 1.29 is 4.79 Å². The highest BCUT2D eigenvalue weighted by molar-refractivity contribution is 7.09. The number of carbonyl (C=O) groups excluding carboxylic acids is 1. The van der Waals surface area contributed by atoms with E-state index in [0.717, 1.165) is 62.8 Å². The normalized spacial score (nSPS) is 24.6. The van der Waals surface area contributed by atoms with Gasteiger partial charge in [-0.3, -0.25) is 4.79 Å².